The van der Waals surface area contributed by atoms with E-state index in [9.17, 15) is 4.79 Å². The minimum absolute atomic E-state index is 0.0169. The Morgan fingerprint density at radius 1 is 1.53 bits per heavy atom. The van der Waals surface area contributed by atoms with Crippen molar-refractivity contribution in [3.05, 3.63) is 29.0 Å². The third kappa shape index (κ3) is 4.52. The lowest BCUT2D eigenvalue weighted by Crippen LogP contribution is -2.34. The molecule has 1 rings (SSSR count). The molecule has 1 aromatic rings. The summed E-state index contributed by atoms with van der Waals surface area (Å²) in [6, 6.07) is 1.60. The van der Waals surface area contributed by atoms with Crippen molar-refractivity contribution in [3.63, 3.8) is 0 Å². The van der Waals surface area contributed by atoms with E-state index in [-0.39, 0.29) is 11.3 Å². The molecule has 0 spiro atoms. The van der Waals surface area contributed by atoms with E-state index in [1.807, 2.05) is 0 Å². The second kappa shape index (κ2) is 6.22. The molecule has 5 heteroatoms. The topological polar surface area (TPSA) is 42.0 Å². The van der Waals surface area contributed by atoms with Crippen LogP contribution in [0.4, 0.5) is 0 Å². The molecule has 0 unspecified atom stereocenters. The Balaban J connectivity index is 2.59. The van der Waals surface area contributed by atoms with Gasteiger partial charge >= 0.3 is 0 Å². The predicted octanol–water partition coefficient (Wildman–Crippen LogP) is 3.12. The van der Waals surface area contributed by atoms with Crippen molar-refractivity contribution in [1.82, 2.24) is 10.3 Å². The monoisotopic (exact) mass is 274 g/mol. The van der Waals surface area contributed by atoms with Crippen LogP contribution >= 0.6 is 23.2 Å². The van der Waals surface area contributed by atoms with E-state index in [4.69, 9.17) is 23.2 Å². The average molecular weight is 275 g/mol. The third-order valence-electron chi connectivity index (χ3n) is 2.52. The fourth-order valence-electron chi connectivity index (χ4n) is 1.32. The van der Waals surface area contributed by atoms with Gasteiger partial charge in [-0.05, 0) is 17.9 Å². The van der Waals surface area contributed by atoms with Crippen LogP contribution in [0.25, 0.3) is 0 Å². The SMILES string of the molecule is CC(C)(CCCl)CNC(=O)c1ccncc1Cl. The molecule has 94 valence electrons. The van der Waals surface area contributed by atoms with Crippen molar-refractivity contribution in [2.24, 2.45) is 5.41 Å². The second-order valence-electron chi connectivity index (χ2n) is 4.64. The Labute approximate surface area is 112 Å². The van der Waals surface area contributed by atoms with Crippen LogP contribution < -0.4 is 5.32 Å². The highest BCUT2D eigenvalue weighted by Crippen LogP contribution is 2.20. The van der Waals surface area contributed by atoms with Crippen LogP contribution in [-0.2, 0) is 0 Å². The summed E-state index contributed by atoms with van der Waals surface area (Å²) in [6.07, 6.45) is 3.85. The third-order valence-corrected chi connectivity index (χ3v) is 3.01. The Morgan fingerprint density at radius 2 is 2.24 bits per heavy atom. The van der Waals surface area contributed by atoms with E-state index in [2.05, 4.69) is 24.1 Å². The fourth-order valence-corrected chi connectivity index (χ4v) is 2.04. The number of alkyl halides is 1. The van der Waals surface area contributed by atoms with Crippen LogP contribution in [0.1, 0.15) is 30.6 Å². The molecule has 0 atom stereocenters. The summed E-state index contributed by atoms with van der Waals surface area (Å²) in [5.74, 6) is 0.402. The highest BCUT2D eigenvalue weighted by Gasteiger charge is 2.19. The van der Waals surface area contributed by atoms with Crippen molar-refractivity contribution in [2.75, 3.05) is 12.4 Å². The van der Waals surface area contributed by atoms with Crippen LogP contribution in [0, 0.1) is 5.41 Å². The number of amides is 1. The number of carbonyl (C=O) groups excluding carboxylic acids is 1. The largest absolute Gasteiger partial charge is 0.351 e. The number of hydrogen-bond donors (Lipinski definition) is 1. The Hall–Kier alpha value is -0.800. The highest BCUT2D eigenvalue weighted by molar-refractivity contribution is 6.33. The summed E-state index contributed by atoms with van der Waals surface area (Å²) in [7, 11) is 0. The number of rotatable bonds is 5. The van der Waals surface area contributed by atoms with E-state index in [0.29, 0.717) is 23.0 Å². The minimum Gasteiger partial charge on any atom is -0.351 e. The van der Waals surface area contributed by atoms with Gasteiger partial charge in [-0.3, -0.25) is 9.78 Å². The van der Waals surface area contributed by atoms with Crippen LogP contribution in [-0.4, -0.2) is 23.3 Å². The van der Waals surface area contributed by atoms with Crippen molar-refractivity contribution in [2.45, 2.75) is 20.3 Å². The Kier molecular flexibility index (Phi) is 5.22. The molecule has 0 saturated carbocycles. The molecule has 1 N–H and O–H groups in total. The number of nitrogens with zero attached hydrogens (tertiary/aromatic N) is 1. The molecule has 1 heterocycles. The summed E-state index contributed by atoms with van der Waals surface area (Å²) >= 11 is 11.6. The molecule has 0 bridgehead atoms. The van der Waals surface area contributed by atoms with Gasteiger partial charge in [0.15, 0.2) is 0 Å². The first kappa shape index (κ1) is 14.3. The molecule has 1 amide bonds. The number of carbonyl (C=O) groups is 1. The maximum Gasteiger partial charge on any atom is 0.252 e. The lowest BCUT2D eigenvalue weighted by atomic mass is 9.90. The van der Waals surface area contributed by atoms with Crippen molar-refractivity contribution >= 4 is 29.1 Å². The van der Waals surface area contributed by atoms with Gasteiger partial charge < -0.3 is 5.32 Å². The first-order valence-electron chi connectivity index (χ1n) is 5.40. The van der Waals surface area contributed by atoms with Crippen molar-refractivity contribution in [1.29, 1.82) is 0 Å². The van der Waals surface area contributed by atoms with E-state index < -0.39 is 0 Å². The lowest BCUT2D eigenvalue weighted by molar-refractivity contribution is 0.0936. The first-order valence-corrected chi connectivity index (χ1v) is 6.31. The van der Waals surface area contributed by atoms with Gasteiger partial charge in [-0.1, -0.05) is 25.4 Å². The second-order valence-corrected chi connectivity index (χ2v) is 5.43. The Bertz CT molecular complexity index is 394. The normalized spacial score (nSPS) is 11.3. The summed E-state index contributed by atoms with van der Waals surface area (Å²) in [6.45, 7) is 4.69. The van der Waals surface area contributed by atoms with Gasteiger partial charge in [0, 0.05) is 24.8 Å². The molecule has 0 aromatic carbocycles. The maximum atomic E-state index is 11.9. The van der Waals surface area contributed by atoms with Gasteiger partial charge in [-0.15, -0.1) is 11.6 Å². The molecule has 0 radical (unpaired) electrons. The van der Waals surface area contributed by atoms with Gasteiger partial charge in [0.1, 0.15) is 0 Å². The van der Waals surface area contributed by atoms with Gasteiger partial charge in [0.05, 0.1) is 10.6 Å². The molecule has 0 aliphatic carbocycles. The fraction of sp³-hybridized carbons (Fsp3) is 0.500. The molecule has 1 aromatic heterocycles. The number of pyridine rings is 1. The summed E-state index contributed by atoms with van der Waals surface area (Å²) < 4.78 is 0. The summed E-state index contributed by atoms with van der Waals surface area (Å²) in [5.41, 5.74) is 0.431. The van der Waals surface area contributed by atoms with E-state index in [1.165, 1.54) is 6.20 Å². The molecule has 0 aliphatic rings. The van der Waals surface area contributed by atoms with E-state index in [0.717, 1.165) is 6.42 Å². The standard InChI is InChI=1S/C12H16Cl2N2O/c1-12(2,4-5-13)8-16-11(17)9-3-6-15-7-10(9)14/h3,6-7H,4-5,8H2,1-2H3,(H,16,17). The van der Waals surface area contributed by atoms with E-state index >= 15 is 0 Å². The zero-order valence-corrected chi connectivity index (χ0v) is 11.5. The molecular weight excluding hydrogens is 259 g/mol. The van der Waals surface area contributed by atoms with Crippen LogP contribution in [0.5, 0.6) is 0 Å². The van der Waals surface area contributed by atoms with Crippen molar-refractivity contribution < 1.29 is 4.79 Å². The van der Waals surface area contributed by atoms with Crippen LogP contribution in [0.2, 0.25) is 5.02 Å². The lowest BCUT2D eigenvalue weighted by Gasteiger charge is -2.23. The number of nitrogens with one attached hydrogen (secondary N) is 1. The number of halogens is 2. The summed E-state index contributed by atoms with van der Waals surface area (Å²) in [5, 5.41) is 3.22. The first-order chi connectivity index (χ1) is 7.96. The van der Waals surface area contributed by atoms with Gasteiger partial charge in [0.2, 0.25) is 0 Å². The number of hydrogen-bond acceptors (Lipinski definition) is 2. The smallest absolute Gasteiger partial charge is 0.252 e. The zero-order chi connectivity index (χ0) is 12.9. The Morgan fingerprint density at radius 3 is 2.82 bits per heavy atom. The van der Waals surface area contributed by atoms with Gasteiger partial charge in [-0.25, -0.2) is 0 Å². The quantitative estimate of drug-likeness (QED) is 0.839. The molecule has 0 aliphatic heterocycles. The van der Waals surface area contributed by atoms with Crippen LogP contribution in [0.3, 0.4) is 0 Å². The molecule has 0 saturated heterocycles. The maximum absolute atomic E-state index is 11.9. The van der Waals surface area contributed by atoms with E-state index in [1.54, 1.807) is 12.3 Å². The average Bonchev–Trinajstić information content (AvgIpc) is 2.27. The minimum atomic E-state index is -0.181. The summed E-state index contributed by atoms with van der Waals surface area (Å²) in [4.78, 5) is 15.7. The predicted molar refractivity (Wildman–Crippen MR) is 70.7 cm³/mol. The van der Waals surface area contributed by atoms with Crippen molar-refractivity contribution in [3.8, 4) is 0 Å². The molecule has 0 fully saturated rings. The molecular formula is C12H16Cl2N2O. The number of aromatic nitrogens is 1. The highest BCUT2D eigenvalue weighted by atomic mass is 35.5. The van der Waals surface area contributed by atoms with Crippen LogP contribution in [0.15, 0.2) is 18.5 Å². The van der Waals surface area contributed by atoms with Gasteiger partial charge in [-0.2, -0.15) is 0 Å². The van der Waals surface area contributed by atoms with Gasteiger partial charge in [0.25, 0.3) is 5.91 Å². The molecule has 17 heavy (non-hydrogen) atoms. The zero-order valence-electron chi connectivity index (χ0n) is 9.96. The molecule has 3 nitrogen and oxygen atoms in total.